The van der Waals surface area contributed by atoms with Crippen LogP contribution in [0.4, 0.5) is 5.69 Å². The van der Waals surface area contributed by atoms with Gasteiger partial charge in [-0.05, 0) is 35.4 Å². The molecule has 0 aliphatic carbocycles. The third-order valence-electron chi connectivity index (χ3n) is 3.44. The molecule has 0 amide bonds. The van der Waals surface area contributed by atoms with E-state index < -0.39 is 0 Å². The van der Waals surface area contributed by atoms with Gasteiger partial charge in [-0.1, -0.05) is 48.0 Å². The molecule has 3 rings (SSSR count). The van der Waals surface area contributed by atoms with Crippen molar-refractivity contribution < 1.29 is 4.79 Å². The smallest absolute Gasteiger partial charge is 0.187 e. The summed E-state index contributed by atoms with van der Waals surface area (Å²) in [4.78, 5) is 17.5. The van der Waals surface area contributed by atoms with Gasteiger partial charge in [0.1, 0.15) is 0 Å². The normalized spacial score (nSPS) is 10.3. The predicted molar refractivity (Wildman–Crippen MR) is 95.5 cm³/mol. The van der Waals surface area contributed by atoms with Gasteiger partial charge in [0.2, 0.25) is 0 Å². The number of nitrogens with zero attached hydrogens (tertiary/aromatic N) is 1. The summed E-state index contributed by atoms with van der Waals surface area (Å²) >= 11 is 7.33. The van der Waals surface area contributed by atoms with Crippen LogP contribution in [0.15, 0.2) is 60.7 Å². The van der Waals surface area contributed by atoms with Crippen LogP contribution in [0.1, 0.15) is 15.2 Å². The van der Waals surface area contributed by atoms with Crippen LogP contribution >= 0.6 is 22.9 Å². The van der Waals surface area contributed by atoms with E-state index in [0.29, 0.717) is 17.1 Å². The fourth-order valence-corrected chi connectivity index (χ4v) is 3.29. The first-order chi connectivity index (χ1) is 11.2. The first-order valence-electron chi connectivity index (χ1n) is 7.01. The number of carbonyl (C=O) groups excluding carboxylic acids is 1. The zero-order valence-corrected chi connectivity index (χ0v) is 13.7. The Morgan fingerprint density at radius 2 is 1.70 bits per heavy atom. The quantitative estimate of drug-likeness (QED) is 0.419. The minimum atomic E-state index is 0.0985. The molecule has 3 aromatic rings. The molecule has 0 N–H and O–H groups in total. The van der Waals surface area contributed by atoms with Gasteiger partial charge in [0.05, 0.1) is 11.4 Å². The number of carbonyl (C=O) groups is 1. The lowest BCUT2D eigenvalue weighted by molar-refractivity contribution is 0.0997. The van der Waals surface area contributed by atoms with Crippen LogP contribution in [0.25, 0.3) is 15.3 Å². The van der Waals surface area contributed by atoms with Gasteiger partial charge >= 0.3 is 0 Å². The Morgan fingerprint density at radius 1 is 1.00 bits per heavy atom. The topological polar surface area (TPSA) is 21.4 Å². The molecule has 23 heavy (non-hydrogen) atoms. The lowest BCUT2D eigenvalue weighted by Gasteiger charge is -2.00. The van der Waals surface area contributed by atoms with Crippen molar-refractivity contribution in [1.82, 2.24) is 0 Å². The van der Waals surface area contributed by atoms with Crippen LogP contribution in [0.3, 0.4) is 0 Å². The standard InChI is InChI=1S/C19H12ClNOS/c1-21-16-8-4-14(5-9-16)18-10-11-19(23-18)17(22)12-13-2-6-15(20)7-3-13/h2-11H,12H2. The highest BCUT2D eigenvalue weighted by Crippen LogP contribution is 2.30. The van der Waals surface area contributed by atoms with Crippen LogP contribution in [-0.4, -0.2) is 5.78 Å². The van der Waals surface area contributed by atoms with Crippen molar-refractivity contribution in [2.75, 3.05) is 0 Å². The Balaban J connectivity index is 1.76. The molecule has 0 atom stereocenters. The summed E-state index contributed by atoms with van der Waals surface area (Å²) in [7, 11) is 0. The number of halogens is 1. The first-order valence-corrected chi connectivity index (χ1v) is 8.20. The second-order valence-electron chi connectivity index (χ2n) is 5.05. The number of Topliss-reactive ketones (excluding diaryl/α,β-unsaturated/α-hetero) is 1. The molecule has 0 aliphatic heterocycles. The van der Waals surface area contributed by atoms with E-state index in [2.05, 4.69) is 4.85 Å². The van der Waals surface area contributed by atoms with E-state index in [4.69, 9.17) is 18.2 Å². The van der Waals surface area contributed by atoms with Crippen molar-refractivity contribution in [1.29, 1.82) is 0 Å². The second kappa shape index (κ2) is 6.78. The van der Waals surface area contributed by atoms with Crippen LogP contribution in [0.2, 0.25) is 5.02 Å². The minimum Gasteiger partial charge on any atom is -0.293 e. The maximum absolute atomic E-state index is 12.4. The molecular formula is C19H12ClNOS. The SMILES string of the molecule is [C-]#[N+]c1ccc(-c2ccc(C(=O)Cc3ccc(Cl)cc3)s2)cc1. The van der Waals surface area contributed by atoms with E-state index in [1.807, 2.05) is 36.4 Å². The largest absolute Gasteiger partial charge is 0.293 e. The third-order valence-corrected chi connectivity index (χ3v) is 4.87. The van der Waals surface area contributed by atoms with Gasteiger partial charge < -0.3 is 0 Å². The number of rotatable bonds is 4. The van der Waals surface area contributed by atoms with Crippen LogP contribution in [0, 0.1) is 6.57 Å². The van der Waals surface area contributed by atoms with Crippen LogP contribution < -0.4 is 0 Å². The Morgan fingerprint density at radius 3 is 2.35 bits per heavy atom. The molecule has 2 nitrogen and oxygen atoms in total. The van der Waals surface area contributed by atoms with Crippen LogP contribution in [0.5, 0.6) is 0 Å². The Kier molecular flexibility index (Phi) is 4.57. The Hall–Kier alpha value is -2.41. The van der Waals surface area contributed by atoms with Crippen molar-refractivity contribution in [2.24, 2.45) is 0 Å². The minimum absolute atomic E-state index is 0.0985. The van der Waals surface area contributed by atoms with Crippen LogP contribution in [-0.2, 0) is 6.42 Å². The number of thiophene rings is 1. The Labute approximate surface area is 143 Å². The highest BCUT2D eigenvalue weighted by molar-refractivity contribution is 7.17. The summed E-state index contributed by atoms with van der Waals surface area (Å²) in [6, 6.07) is 18.5. The summed E-state index contributed by atoms with van der Waals surface area (Å²) in [5.41, 5.74) is 2.59. The van der Waals surface area contributed by atoms with Crippen molar-refractivity contribution >= 4 is 34.4 Å². The fraction of sp³-hybridized carbons (Fsp3) is 0.0526. The molecule has 4 heteroatoms. The number of hydrogen-bond donors (Lipinski definition) is 0. The lowest BCUT2D eigenvalue weighted by atomic mass is 10.1. The summed E-state index contributed by atoms with van der Waals surface area (Å²) in [5, 5.41) is 0.669. The number of benzene rings is 2. The lowest BCUT2D eigenvalue weighted by Crippen LogP contribution is -2.00. The average molecular weight is 338 g/mol. The molecule has 0 bridgehead atoms. The summed E-state index contributed by atoms with van der Waals surface area (Å²) in [5.74, 6) is 0.0985. The number of hydrogen-bond acceptors (Lipinski definition) is 2. The van der Waals surface area contributed by atoms with E-state index in [1.165, 1.54) is 11.3 Å². The summed E-state index contributed by atoms with van der Waals surface area (Å²) in [6.07, 6.45) is 0.369. The van der Waals surface area contributed by atoms with E-state index in [1.54, 1.807) is 24.3 Å². The van der Waals surface area contributed by atoms with Gasteiger partial charge in [0, 0.05) is 16.3 Å². The molecule has 1 aromatic heterocycles. The molecular weight excluding hydrogens is 326 g/mol. The van der Waals surface area contributed by atoms with Gasteiger partial charge in [-0.2, -0.15) is 0 Å². The number of ketones is 1. The molecule has 0 saturated heterocycles. The Bertz CT molecular complexity index is 873. The van der Waals surface area contributed by atoms with E-state index in [-0.39, 0.29) is 5.78 Å². The molecule has 0 spiro atoms. The molecule has 2 aromatic carbocycles. The van der Waals surface area contributed by atoms with Crippen molar-refractivity contribution in [3.63, 3.8) is 0 Å². The zero-order chi connectivity index (χ0) is 16.2. The first kappa shape index (κ1) is 15.5. The second-order valence-corrected chi connectivity index (χ2v) is 6.57. The molecule has 0 fully saturated rings. The molecule has 0 unspecified atom stereocenters. The van der Waals surface area contributed by atoms with Gasteiger partial charge in [0.15, 0.2) is 11.5 Å². The average Bonchev–Trinajstić information content (AvgIpc) is 3.07. The molecule has 1 heterocycles. The van der Waals surface area contributed by atoms with Gasteiger partial charge in [-0.15, -0.1) is 11.3 Å². The maximum Gasteiger partial charge on any atom is 0.187 e. The predicted octanol–water partition coefficient (Wildman–Crippen LogP) is 6.04. The highest BCUT2D eigenvalue weighted by atomic mass is 35.5. The van der Waals surface area contributed by atoms with E-state index >= 15 is 0 Å². The van der Waals surface area contributed by atoms with E-state index in [0.717, 1.165) is 20.9 Å². The summed E-state index contributed by atoms with van der Waals surface area (Å²) < 4.78 is 0. The van der Waals surface area contributed by atoms with Crippen molar-refractivity contribution in [2.45, 2.75) is 6.42 Å². The maximum atomic E-state index is 12.4. The molecule has 0 aliphatic rings. The molecule has 112 valence electrons. The van der Waals surface area contributed by atoms with Crippen molar-refractivity contribution in [3.8, 4) is 10.4 Å². The molecule has 0 saturated carbocycles. The zero-order valence-electron chi connectivity index (χ0n) is 12.1. The summed E-state index contributed by atoms with van der Waals surface area (Å²) in [6.45, 7) is 6.97. The van der Waals surface area contributed by atoms with Gasteiger partial charge in [-0.25, -0.2) is 4.85 Å². The van der Waals surface area contributed by atoms with Gasteiger partial charge in [0.25, 0.3) is 0 Å². The molecule has 0 radical (unpaired) electrons. The monoisotopic (exact) mass is 337 g/mol. The fourth-order valence-electron chi connectivity index (χ4n) is 2.22. The third kappa shape index (κ3) is 3.68. The highest BCUT2D eigenvalue weighted by Gasteiger charge is 2.11. The van der Waals surface area contributed by atoms with Crippen molar-refractivity contribution in [3.05, 3.63) is 87.5 Å². The van der Waals surface area contributed by atoms with Gasteiger partial charge in [-0.3, -0.25) is 4.79 Å². The van der Waals surface area contributed by atoms with E-state index in [9.17, 15) is 4.79 Å².